The number of amides is 1. The molecule has 0 bridgehead atoms. The van der Waals surface area contributed by atoms with Gasteiger partial charge in [0.05, 0.1) is 0 Å². The molecule has 1 amide bonds. The second kappa shape index (κ2) is 7.75. The Labute approximate surface area is 139 Å². The topological polar surface area (TPSA) is 49.3 Å². The average molecular weight is 316 g/mol. The SMILES string of the molecule is CCC1CCCCN1c1nccc(C(=O)N2CCCCCC2)n1. The van der Waals surface area contributed by atoms with Crippen molar-refractivity contribution < 1.29 is 4.79 Å². The largest absolute Gasteiger partial charge is 0.338 e. The lowest BCUT2D eigenvalue weighted by Crippen LogP contribution is -2.40. The highest BCUT2D eigenvalue weighted by molar-refractivity contribution is 5.92. The van der Waals surface area contributed by atoms with Crippen molar-refractivity contribution in [3.63, 3.8) is 0 Å². The van der Waals surface area contributed by atoms with Crippen molar-refractivity contribution >= 4 is 11.9 Å². The first-order valence-corrected chi connectivity index (χ1v) is 9.18. The zero-order valence-corrected chi connectivity index (χ0v) is 14.2. The molecule has 0 saturated carbocycles. The van der Waals surface area contributed by atoms with Crippen LogP contribution in [0.2, 0.25) is 0 Å². The molecule has 2 fully saturated rings. The van der Waals surface area contributed by atoms with Gasteiger partial charge < -0.3 is 9.80 Å². The predicted octanol–water partition coefficient (Wildman–Crippen LogP) is 3.26. The second-order valence-corrected chi connectivity index (χ2v) is 6.70. The number of anilines is 1. The lowest BCUT2D eigenvalue weighted by atomic mass is 10.0. The highest BCUT2D eigenvalue weighted by Crippen LogP contribution is 2.24. The van der Waals surface area contributed by atoms with Crippen molar-refractivity contribution in [1.82, 2.24) is 14.9 Å². The Balaban J connectivity index is 1.77. The molecule has 0 N–H and O–H groups in total. The van der Waals surface area contributed by atoms with E-state index in [2.05, 4.69) is 21.8 Å². The number of hydrogen-bond acceptors (Lipinski definition) is 4. The van der Waals surface area contributed by atoms with Gasteiger partial charge in [-0.15, -0.1) is 0 Å². The van der Waals surface area contributed by atoms with Gasteiger partial charge in [-0.2, -0.15) is 0 Å². The molecule has 1 atom stereocenters. The van der Waals surface area contributed by atoms with E-state index in [-0.39, 0.29) is 5.91 Å². The standard InChI is InChI=1S/C18H28N4O/c1-2-15-9-5-8-14-22(15)18-19-11-10-16(20-18)17(23)21-12-6-3-4-7-13-21/h10-11,15H,2-9,12-14H2,1H3. The summed E-state index contributed by atoms with van der Waals surface area (Å²) in [5.41, 5.74) is 0.553. The van der Waals surface area contributed by atoms with Crippen LogP contribution in [-0.4, -0.2) is 46.5 Å². The minimum absolute atomic E-state index is 0.0700. The minimum Gasteiger partial charge on any atom is -0.338 e. The zero-order valence-electron chi connectivity index (χ0n) is 14.2. The van der Waals surface area contributed by atoms with Gasteiger partial charge >= 0.3 is 0 Å². The number of likely N-dealkylation sites (tertiary alicyclic amines) is 1. The van der Waals surface area contributed by atoms with Gasteiger partial charge in [0, 0.05) is 31.9 Å². The summed E-state index contributed by atoms with van der Waals surface area (Å²) in [7, 11) is 0. The van der Waals surface area contributed by atoms with E-state index in [1.54, 1.807) is 12.3 Å². The quantitative estimate of drug-likeness (QED) is 0.859. The van der Waals surface area contributed by atoms with Crippen LogP contribution >= 0.6 is 0 Å². The van der Waals surface area contributed by atoms with Crippen molar-refractivity contribution in [3.05, 3.63) is 18.0 Å². The fraction of sp³-hybridized carbons (Fsp3) is 0.722. The van der Waals surface area contributed by atoms with E-state index in [0.717, 1.165) is 44.8 Å². The molecule has 2 aliphatic rings. The van der Waals surface area contributed by atoms with Gasteiger partial charge in [-0.1, -0.05) is 19.8 Å². The third-order valence-corrected chi connectivity index (χ3v) is 5.11. The monoisotopic (exact) mass is 316 g/mol. The summed E-state index contributed by atoms with van der Waals surface area (Å²) in [6, 6.07) is 2.27. The lowest BCUT2D eigenvalue weighted by Gasteiger charge is -2.35. The van der Waals surface area contributed by atoms with Gasteiger partial charge in [-0.25, -0.2) is 9.97 Å². The maximum Gasteiger partial charge on any atom is 0.272 e. The molecule has 0 spiro atoms. The third kappa shape index (κ3) is 3.82. The molecule has 5 heteroatoms. The van der Waals surface area contributed by atoms with Crippen LogP contribution in [0.5, 0.6) is 0 Å². The maximum atomic E-state index is 12.8. The number of rotatable bonds is 3. The molecule has 3 rings (SSSR count). The van der Waals surface area contributed by atoms with E-state index in [0.29, 0.717) is 11.7 Å². The van der Waals surface area contributed by atoms with E-state index in [1.807, 2.05) is 4.90 Å². The third-order valence-electron chi connectivity index (χ3n) is 5.11. The predicted molar refractivity (Wildman–Crippen MR) is 91.7 cm³/mol. The van der Waals surface area contributed by atoms with Gasteiger partial charge in [0.15, 0.2) is 0 Å². The first kappa shape index (κ1) is 16.2. The molecule has 1 aromatic heterocycles. The average Bonchev–Trinajstić information content (AvgIpc) is 2.90. The van der Waals surface area contributed by atoms with Crippen LogP contribution < -0.4 is 4.90 Å². The molecule has 2 aliphatic heterocycles. The molecule has 0 radical (unpaired) electrons. The smallest absolute Gasteiger partial charge is 0.272 e. The van der Waals surface area contributed by atoms with E-state index in [1.165, 1.54) is 32.1 Å². The Morgan fingerprint density at radius 3 is 2.61 bits per heavy atom. The van der Waals surface area contributed by atoms with Crippen molar-refractivity contribution in [3.8, 4) is 0 Å². The van der Waals surface area contributed by atoms with Gasteiger partial charge in [0.1, 0.15) is 5.69 Å². The summed E-state index contributed by atoms with van der Waals surface area (Å²) in [5, 5.41) is 0. The van der Waals surface area contributed by atoms with Gasteiger partial charge in [-0.3, -0.25) is 4.79 Å². The van der Waals surface area contributed by atoms with Gasteiger partial charge in [0.25, 0.3) is 5.91 Å². The number of nitrogens with zero attached hydrogens (tertiary/aromatic N) is 4. The molecule has 1 unspecified atom stereocenters. The molecule has 1 aromatic rings. The van der Waals surface area contributed by atoms with Crippen LogP contribution in [-0.2, 0) is 0 Å². The number of aromatic nitrogens is 2. The van der Waals surface area contributed by atoms with E-state index >= 15 is 0 Å². The highest BCUT2D eigenvalue weighted by Gasteiger charge is 2.25. The van der Waals surface area contributed by atoms with Crippen LogP contribution in [0.1, 0.15) is 68.8 Å². The Kier molecular flexibility index (Phi) is 5.47. The molecule has 0 aromatic carbocycles. The molecule has 23 heavy (non-hydrogen) atoms. The van der Waals surface area contributed by atoms with Crippen LogP contribution in [0, 0.1) is 0 Å². The Morgan fingerprint density at radius 1 is 1.13 bits per heavy atom. The Hall–Kier alpha value is -1.65. The first-order valence-electron chi connectivity index (χ1n) is 9.18. The summed E-state index contributed by atoms with van der Waals surface area (Å²) in [6.45, 7) is 4.94. The first-order chi connectivity index (χ1) is 11.3. The number of carbonyl (C=O) groups excluding carboxylic acids is 1. The van der Waals surface area contributed by atoms with E-state index in [9.17, 15) is 4.79 Å². The number of piperidine rings is 1. The Morgan fingerprint density at radius 2 is 1.87 bits per heavy atom. The molecule has 2 saturated heterocycles. The zero-order chi connectivity index (χ0) is 16.1. The van der Waals surface area contributed by atoms with Crippen LogP contribution in [0.25, 0.3) is 0 Å². The number of carbonyl (C=O) groups is 1. The van der Waals surface area contributed by atoms with E-state index < -0.39 is 0 Å². The molecular formula is C18H28N4O. The fourth-order valence-corrected chi connectivity index (χ4v) is 3.73. The summed E-state index contributed by atoms with van der Waals surface area (Å²) in [4.78, 5) is 26.1. The normalized spacial score (nSPS) is 22.7. The maximum absolute atomic E-state index is 12.8. The fourth-order valence-electron chi connectivity index (χ4n) is 3.73. The highest BCUT2D eigenvalue weighted by atomic mass is 16.2. The van der Waals surface area contributed by atoms with Crippen LogP contribution in [0.15, 0.2) is 12.3 Å². The molecule has 126 valence electrons. The van der Waals surface area contributed by atoms with Crippen molar-refractivity contribution in [2.45, 2.75) is 64.3 Å². The summed E-state index contributed by atoms with van der Waals surface area (Å²) in [5.74, 6) is 0.804. The summed E-state index contributed by atoms with van der Waals surface area (Å²) in [6.07, 6.45) is 11.2. The van der Waals surface area contributed by atoms with E-state index in [4.69, 9.17) is 0 Å². The van der Waals surface area contributed by atoms with Crippen molar-refractivity contribution in [1.29, 1.82) is 0 Å². The molecule has 5 nitrogen and oxygen atoms in total. The van der Waals surface area contributed by atoms with Crippen LogP contribution in [0.4, 0.5) is 5.95 Å². The number of hydrogen-bond donors (Lipinski definition) is 0. The molecular weight excluding hydrogens is 288 g/mol. The second-order valence-electron chi connectivity index (χ2n) is 6.70. The van der Waals surface area contributed by atoms with Gasteiger partial charge in [-0.05, 0) is 44.6 Å². The molecule has 3 heterocycles. The minimum atomic E-state index is 0.0700. The lowest BCUT2D eigenvalue weighted by molar-refractivity contribution is 0.0755. The van der Waals surface area contributed by atoms with Crippen LogP contribution in [0.3, 0.4) is 0 Å². The summed E-state index contributed by atoms with van der Waals surface area (Å²) < 4.78 is 0. The molecule has 0 aliphatic carbocycles. The van der Waals surface area contributed by atoms with Gasteiger partial charge in [0.2, 0.25) is 5.95 Å². The van der Waals surface area contributed by atoms with Crippen molar-refractivity contribution in [2.24, 2.45) is 0 Å². The van der Waals surface area contributed by atoms with Crippen molar-refractivity contribution in [2.75, 3.05) is 24.5 Å². The summed E-state index contributed by atoms with van der Waals surface area (Å²) >= 11 is 0. The Bertz CT molecular complexity index is 526.